The lowest BCUT2D eigenvalue weighted by Crippen LogP contribution is -2.42. The summed E-state index contributed by atoms with van der Waals surface area (Å²) in [5.74, 6) is 2.22. The molecule has 164 valence electrons. The summed E-state index contributed by atoms with van der Waals surface area (Å²) in [5.41, 5.74) is 1.03. The number of aliphatic hydroxyl groups is 1. The van der Waals surface area contributed by atoms with Crippen molar-refractivity contribution < 1.29 is 27.7 Å². The highest BCUT2D eigenvalue weighted by molar-refractivity contribution is 7.91. The molecule has 0 bridgehead atoms. The summed E-state index contributed by atoms with van der Waals surface area (Å²) >= 11 is 0. The molecule has 1 aliphatic rings. The van der Waals surface area contributed by atoms with Gasteiger partial charge in [0, 0.05) is 19.1 Å². The maximum Gasteiger partial charge on any atom is 0.161 e. The molecule has 1 saturated heterocycles. The molecule has 1 aliphatic heterocycles. The van der Waals surface area contributed by atoms with Gasteiger partial charge in [-0.1, -0.05) is 24.3 Å². The van der Waals surface area contributed by atoms with Crippen LogP contribution in [0.2, 0.25) is 0 Å². The first kappa shape index (κ1) is 22.4. The fraction of sp³-hybridized carbons (Fsp3) is 0.455. The summed E-state index contributed by atoms with van der Waals surface area (Å²) < 4.78 is 40.2. The molecule has 0 spiro atoms. The Labute approximate surface area is 178 Å². The minimum Gasteiger partial charge on any atom is -0.497 e. The SMILES string of the molecule is COc1ccc(CN(C[C@@H](O)COc2ccccc2OC)[C@H]2CCS(=O)(=O)C2)cc1. The van der Waals surface area contributed by atoms with E-state index in [4.69, 9.17) is 14.2 Å². The summed E-state index contributed by atoms with van der Waals surface area (Å²) in [6.45, 7) is 0.927. The van der Waals surface area contributed by atoms with Crippen molar-refractivity contribution in [2.24, 2.45) is 0 Å². The molecule has 2 atom stereocenters. The second-order valence-corrected chi connectivity index (χ2v) is 9.68. The number of sulfone groups is 1. The van der Waals surface area contributed by atoms with Crippen LogP contribution >= 0.6 is 0 Å². The Bertz CT molecular complexity index is 915. The molecular formula is C22H29NO6S. The Morgan fingerprint density at radius 1 is 1.07 bits per heavy atom. The smallest absolute Gasteiger partial charge is 0.161 e. The second-order valence-electron chi connectivity index (χ2n) is 7.45. The lowest BCUT2D eigenvalue weighted by molar-refractivity contribution is 0.0517. The van der Waals surface area contributed by atoms with Crippen LogP contribution in [0.1, 0.15) is 12.0 Å². The highest BCUT2D eigenvalue weighted by Gasteiger charge is 2.33. The van der Waals surface area contributed by atoms with E-state index in [0.29, 0.717) is 31.0 Å². The van der Waals surface area contributed by atoms with Gasteiger partial charge in [0.2, 0.25) is 0 Å². The Balaban J connectivity index is 1.66. The second kappa shape index (κ2) is 10.1. The van der Waals surface area contributed by atoms with Crippen molar-refractivity contribution >= 4 is 9.84 Å². The fourth-order valence-electron chi connectivity index (χ4n) is 3.62. The Hall–Kier alpha value is -2.29. The van der Waals surface area contributed by atoms with Crippen LogP contribution in [0.25, 0.3) is 0 Å². The largest absolute Gasteiger partial charge is 0.497 e. The van der Waals surface area contributed by atoms with Gasteiger partial charge in [-0.25, -0.2) is 8.42 Å². The number of methoxy groups -OCH3 is 2. The first-order chi connectivity index (χ1) is 14.4. The van der Waals surface area contributed by atoms with Crippen LogP contribution < -0.4 is 14.2 Å². The molecule has 0 amide bonds. The summed E-state index contributed by atoms with van der Waals surface area (Å²) in [4.78, 5) is 2.03. The van der Waals surface area contributed by atoms with Crippen LogP contribution in [0.4, 0.5) is 0 Å². The number of aliphatic hydroxyl groups excluding tert-OH is 1. The monoisotopic (exact) mass is 435 g/mol. The van der Waals surface area contributed by atoms with E-state index in [1.807, 2.05) is 41.3 Å². The van der Waals surface area contributed by atoms with Crippen molar-refractivity contribution in [3.8, 4) is 17.2 Å². The first-order valence-electron chi connectivity index (χ1n) is 9.91. The molecule has 0 aliphatic carbocycles. The average molecular weight is 436 g/mol. The Morgan fingerprint density at radius 3 is 2.37 bits per heavy atom. The van der Waals surface area contributed by atoms with Crippen molar-refractivity contribution in [2.75, 3.05) is 38.9 Å². The highest BCUT2D eigenvalue weighted by Crippen LogP contribution is 2.26. The molecule has 7 nitrogen and oxygen atoms in total. The van der Waals surface area contributed by atoms with E-state index >= 15 is 0 Å². The molecule has 30 heavy (non-hydrogen) atoms. The quantitative estimate of drug-likeness (QED) is 0.612. The maximum atomic E-state index is 12.0. The molecule has 0 unspecified atom stereocenters. The third kappa shape index (κ3) is 6.10. The molecule has 8 heteroatoms. The minimum absolute atomic E-state index is 0.0823. The molecule has 0 saturated carbocycles. The van der Waals surface area contributed by atoms with Gasteiger partial charge >= 0.3 is 0 Å². The summed E-state index contributed by atoms with van der Waals surface area (Å²) in [6, 6.07) is 14.8. The molecule has 2 aromatic rings. The molecule has 0 radical (unpaired) electrons. The zero-order chi connectivity index (χ0) is 21.6. The molecule has 1 N–H and O–H groups in total. The van der Waals surface area contributed by atoms with E-state index in [2.05, 4.69) is 0 Å². The molecule has 3 rings (SSSR count). The number of para-hydroxylation sites is 2. The zero-order valence-electron chi connectivity index (χ0n) is 17.4. The molecule has 1 fully saturated rings. The molecule has 0 aromatic heterocycles. The minimum atomic E-state index is -3.03. The Kier molecular flexibility index (Phi) is 7.58. The number of hydrogen-bond donors (Lipinski definition) is 1. The van der Waals surface area contributed by atoms with Crippen LogP contribution in [0.5, 0.6) is 17.2 Å². The van der Waals surface area contributed by atoms with Gasteiger partial charge in [0.05, 0.1) is 25.7 Å². The molecular weight excluding hydrogens is 406 g/mol. The predicted molar refractivity (Wildman–Crippen MR) is 115 cm³/mol. The van der Waals surface area contributed by atoms with Crippen molar-refractivity contribution in [1.29, 1.82) is 0 Å². The van der Waals surface area contributed by atoms with Crippen LogP contribution in [0, 0.1) is 0 Å². The third-order valence-corrected chi connectivity index (χ3v) is 6.97. The van der Waals surface area contributed by atoms with Crippen molar-refractivity contribution in [2.45, 2.75) is 25.1 Å². The van der Waals surface area contributed by atoms with Crippen LogP contribution in [-0.4, -0.2) is 69.4 Å². The van der Waals surface area contributed by atoms with Crippen LogP contribution in [0.3, 0.4) is 0 Å². The predicted octanol–water partition coefficient (Wildman–Crippen LogP) is 2.13. The number of ether oxygens (including phenoxy) is 3. The number of rotatable bonds is 10. The van der Waals surface area contributed by atoms with Crippen molar-refractivity contribution in [3.05, 3.63) is 54.1 Å². The van der Waals surface area contributed by atoms with Gasteiger partial charge in [0.15, 0.2) is 21.3 Å². The summed E-state index contributed by atoms with van der Waals surface area (Å²) in [5, 5.41) is 10.6. The standard InChI is InChI=1S/C22H29NO6S/c1-27-20-9-7-17(8-10-20)13-23(18-11-12-30(25,26)16-18)14-19(24)15-29-22-6-4-3-5-21(22)28-2/h3-10,18-19,24H,11-16H2,1-2H3/t18-,19+/m0/s1. The van der Waals surface area contributed by atoms with Gasteiger partial charge < -0.3 is 19.3 Å². The van der Waals surface area contributed by atoms with E-state index in [-0.39, 0.29) is 24.2 Å². The van der Waals surface area contributed by atoms with Gasteiger partial charge in [0.1, 0.15) is 18.5 Å². The third-order valence-electron chi connectivity index (χ3n) is 5.22. The van der Waals surface area contributed by atoms with E-state index in [1.54, 1.807) is 26.4 Å². The Morgan fingerprint density at radius 2 is 1.77 bits per heavy atom. The van der Waals surface area contributed by atoms with E-state index in [1.165, 1.54) is 0 Å². The fourth-order valence-corrected chi connectivity index (χ4v) is 5.38. The molecule has 2 aromatic carbocycles. The van der Waals surface area contributed by atoms with Gasteiger partial charge in [-0.3, -0.25) is 4.90 Å². The number of nitrogens with zero attached hydrogens (tertiary/aromatic N) is 1. The normalized spacial score (nSPS) is 18.9. The molecule has 1 heterocycles. The van der Waals surface area contributed by atoms with Crippen LogP contribution in [-0.2, 0) is 16.4 Å². The van der Waals surface area contributed by atoms with Crippen LogP contribution in [0.15, 0.2) is 48.5 Å². The van der Waals surface area contributed by atoms with E-state index in [0.717, 1.165) is 11.3 Å². The van der Waals surface area contributed by atoms with Gasteiger partial charge in [-0.05, 0) is 36.2 Å². The topological polar surface area (TPSA) is 85.3 Å². The highest BCUT2D eigenvalue weighted by atomic mass is 32.2. The average Bonchev–Trinajstić information content (AvgIpc) is 3.12. The van der Waals surface area contributed by atoms with E-state index in [9.17, 15) is 13.5 Å². The zero-order valence-corrected chi connectivity index (χ0v) is 18.2. The number of benzene rings is 2. The lowest BCUT2D eigenvalue weighted by Gasteiger charge is -2.30. The van der Waals surface area contributed by atoms with Gasteiger partial charge in [0.25, 0.3) is 0 Å². The van der Waals surface area contributed by atoms with Gasteiger partial charge in [-0.15, -0.1) is 0 Å². The first-order valence-corrected chi connectivity index (χ1v) is 11.7. The lowest BCUT2D eigenvalue weighted by atomic mass is 10.1. The van der Waals surface area contributed by atoms with Gasteiger partial charge in [-0.2, -0.15) is 0 Å². The maximum absolute atomic E-state index is 12.0. The van der Waals surface area contributed by atoms with E-state index < -0.39 is 15.9 Å². The van der Waals surface area contributed by atoms with Crippen molar-refractivity contribution in [1.82, 2.24) is 4.90 Å². The summed E-state index contributed by atoms with van der Waals surface area (Å²) in [6.07, 6.45) is -0.213. The summed E-state index contributed by atoms with van der Waals surface area (Å²) in [7, 11) is 0.145. The number of hydrogen-bond acceptors (Lipinski definition) is 7. The van der Waals surface area contributed by atoms with Crippen molar-refractivity contribution in [3.63, 3.8) is 0 Å².